The molecular weight excluding hydrogens is 556 g/mol. The van der Waals surface area contributed by atoms with Crippen molar-refractivity contribution in [3.8, 4) is 11.1 Å². The van der Waals surface area contributed by atoms with Gasteiger partial charge in [0.2, 0.25) is 20.0 Å². The number of rotatable bonds is 11. The molecule has 3 rings (SSSR count). The summed E-state index contributed by atoms with van der Waals surface area (Å²) in [5, 5.41) is 10.0. The molecule has 0 bridgehead atoms. The van der Waals surface area contributed by atoms with Crippen LogP contribution < -0.4 is 9.44 Å². The molecule has 186 valence electrons. The highest BCUT2D eigenvalue weighted by molar-refractivity contribution is 9.10. The van der Waals surface area contributed by atoms with E-state index in [9.17, 15) is 26.7 Å². The Morgan fingerprint density at radius 2 is 1.26 bits per heavy atom. The Bertz CT molecular complexity index is 1380. The fraction of sp³-hybridized carbons (Fsp3) is 0.208. The molecule has 0 aliphatic heterocycles. The van der Waals surface area contributed by atoms with Crippen LogP contribution in [0.5, 0.6) is 0 Å². The van der Waals surface area contributed by atoms with Crippen molar-refractivity contribution in [3.05, 3.63) is 83.3 Å². The molecular formula is C24H25BrN2O6S2. The van der Waals surface area contributed by atoms with Gasteiger partial charge in [-0.05, 0) is 60.4 Å². The van der Waals surface area contributed by atoms with Gasteiger partial charge >= 0.3 is 5.97 Å². The first kappa shape index (κ1) is 27.0. The zero-order chi connectivity index (χ0) is 25.7. The third-order valence-electron chi connectivity index (χ3n) is 5.28. The Labute approximate surface area is 213 Å². The van der Waals surface area contributed by atoms with Gasteiger partial charge in [0, 0.05) is 4.47 Å². The maximum Gasteiger partial charge on any atom is 0.340 e. The van der Waals surface area contributed by atoms with Crippen LogP contribution in [0, 0.1) is 0 Å². The van der Waals surface area contributed by atoms with Gasteiger partial charge in [-0.25, -0.2) is 21.6 Å². The number of carboxylic acids is 1. The monoisotopic (exact) mass is 580 g/mol. The number of carboxylic acid groups (broad SMARTS) is 1. The third-order valence-corrected chi connectivity index (χ3v) is 8.83. The van der Waals surface area contributed by atoms with E-state index in [-0.39, 0.29) is 22.6 Å². The summed E-state index contributed by atoms with van der Waals surface area (Å²) in [7, 11) is -8.77. The molecule has 0 fully saturated rings. The molecule has 0 saturated heterocycles. The minimum absolute atomic E-state index is 0.180. The molecule has 0 heterocycles. The molecule has 1 unspecified atom stereocenters. The highest BCUT2D eigenvalue weighted by atomic mass is 79.9. The van der Waals surface area contributed by atoms with Gasteiger partial charge in [0.05, 0.1) is 9.79 Å². The maximum atomic E-state index is 13.2. The number of nitrogens with one attached hydrogen (secondary N) is 2. The molecule has 11 heteroatoms. The van der Waals surface area contributed by atoms with Crippen molar-refractivity contribution < 1.29 is 26.7 Å². The van der Waals surface area contributed by atoms with E-state index in [1.54, 1.807) is 25.1 Å². The van der Waals surface area contributed by atoms with Crippen molar-refractivity contribution >= 4 is 41.9 Å². The maximum absolute atomic E-state index is 13.2. The predicted molar refractivity (Wildman–Crippen MR) is 137 cm³/mol. The molecule has 1 atom stereocenters. The van der Waals surface area contributed by atoms with E-state index in [0.29, 0.717) is 6.42 Å². The Morgan fingerprint density at radius 1 is 0.800 bits per heavy atom. The largest absolute Gasteiger partial charge is 0.479 e. The highest BCUT2D eigenvalue weighted by Crippen LogP contribution is 2.25. The van der Waals surface area contributed by atoms with Gasteiger partial charge in [0.25, 0.3) is 0 Å². The minimum atomic E-state index is -4.42. The zero-order valence-corrected chi connectivity index (χ0v) is 22.0. The van der Waals surface area contributed by atoms with Crippen LogP contribution in [0.15, 0.2) is 93.1 Å². The first-order chi connectivity index (χ1) is 16.5. The molecule has 3 aromatic rings. The summed E-state index contributed by atoms with van der Waals surface area (Å²) in [6.07, 6.45) is 0.488. The Morgan fingerprint density at radius 3 is 1.71 bits per heavy atom. The Balaban J connectivity index is 1.96. The molecule has 35 heavy (non-hydrogen) atoms. The number of benzene rings is 3. The highest BCUT2D eigenvalue weighted by Gasteiger charge is 2.45. The second kappa shape index (κ2) is 11.0. The van der Waals surface area contributed by atoms with Gasteiger partial charge in [-0.1, -0.05) is 71.7 Å². The lowest BCUT2D eigenvalue weighted by Gasteiger charge is -2.31. The molecule has 0 spiro atoms. The van der Waals surface area contributed by atoms with Crippen molar-refractivity contribution in [2.24, 2.45) is 0 Å². The van der Waals surface area contributed by atoms with E-state index in [0.717, 1.165) is 15.6 Å². The zero-order valence-electron chi connectivity index (χ0n) is 18.8. The summed E-state index contributed by atoms with van der Waals surface area (Å²) in [6, 6.07) is 20.5. The molecule has 0 radical (unpaired) electrons. The standard InChI is InChI=1S/C24H25BrN2O6S2/c1-2-3-17-24(23(28)29,26-34(30,31)21-7-5-4-6-8-21)27-35(32,33)22-15-11-19(12-16-22)18-9-13-20(25)14-10-18/h4-16,26-27H,2-3,17H2,1H3,(H,28,29). The SMILES string of the molecule is CCCCC(NS(=O)(=O)c1ccccc1)(NS(=O)(=O)c1ccc(-c2ccc(Br)cc2)cc1)C(=O)O. The van der Waals surface area contributed by atoms with Crippen LogP contribution in [-0.4, -0.2) is 33.6 Å². The first-order valence-corrected chi connectivity index (χ1v) is 14.5. The number of sulfonamides is 2. The normalized spacial score (nSPS) is 13.8. The molecule has 8 nitrogen and oxygen atoms in total. The lowest BCUT2D eigenvalue weighted by molar-refractivity contribution is -0.145. The average Bonchev–Trinajstić information content (AvgIpc) is 2.83. The van der Waals surface area contributed by atoms with Gasteiger partial charge in [0.15, 0.2) is 5.66 Å². The quantitative estimate of drug-likeness (QED) is 0.289. The Kier molecular flexibility index (Phi) is 8.50. The fourth-order valence-electron chi connectivity index (χ4n) is 3.40. The van der Waals surface area contributed by atoms with E-state index in [2.05, 4.69) is 25.4 Å². The third kappa shape index (κ3) is 6.56. The summed E-state index contributed by atoms with van der Waals surface area (Å²) in [5.74, 6) is -1.65. The number of carbonyl (C=O) groups is 1. The molecule has 0 aliphatic rings. The molecule has 0 amide bonds. The molecule has 0 aromatic heterocycles. The molecule has 3 aromatic carbocycles. The molecule has 0 saturated carbocycles. The summed E-state index contributed by atoms with van der Waals surface area (Å²) in [4.78, 5) is 12.0. The van der Waals surface area contributed by atoms with Gasteiger partial charge in [-0.2, -0.15) is 9.44 Å². The van der Waals surface area contributed by atoms with Crippen molar-refractivity contribution in [2.45, 2.75) is 41.6 Å². The van der Waals surface area contributed by atoms with Crippen LogP contribution in [0.1, 0.15) is 26.2 Å². The lowest BCUT2D eigenvalue weighted by Crippen LogP contribution is -2.65. The average molecular weight is 582 g/mol. The predicted octanol–water partition coefficient (Wildman–Crippen LogP) is 4.34. The van der Waals surface area contributed by atoms with E-state index in [1.165, 1.54) is 36.4 Å². The Hall–Kier alpha value is -2.57. The number of hydrogen-bond donors (Lipinski definition) is 3. The second-order valence-corrected chi connectivity index (χ2v) is 12.1. The van der Waals surface area contributed by atoms with Crippen molar-refractivity contribution in [3.63, 3.8) is 0 Å². The summed E-state index contributed by atoms with van der Waals surface area (Å²) in [5.41, 5.74) is -0.853. The molecule has 0 aliphatic carbocycles. The van der Waals surface area contributed by atoms with Crippen LogP contribution in [0.3, 0.4) is 0 Å². The summed E-state index contributed by atoms with van der Waals surface area (Å²) in [6.45, 7) is 1.79. The summed E-state index contributed by atoms with van der Waals surface area (Å²) < 4.78 is 57.5. The number of halogens is 1. The number of aliphatic carboxylic acids is 1. The lowest BCUT2D eigenvalue weighted by atomic mass is 10.1. The van der Waals surface area contributed by atoms with Crippen molar-refractivity contribution in [1.29, 1.82) is 0 Å². The minimum Gasteiger partial charge on any atom is -0.479 e. The van der Waals surface area contributed by atoms with Crippen LogP contribution >= 0.6 is 15.9 Å². The van der Waals surface area contributed by atoms with Gasteiger partial charge < -0.3 is 5.11 Å². The van der Waals surface area contributed by atoms with Crippen LogP contribution in [0.2, 0.25) is 0 Å². The fourth-order valence-corrected chi connectivity index (χ4v) is 6.38. The van der Waals surface area contributed by atoms with Gasteiger partial charge in [0.1, 0.15) is 0 Å². The first-order valence-electron chi connectivity index (χ1n) is 10.7. The van der Waals surface area contributed by atoms with Crippen LogP contribution in [0.25, 0.3) is 11.1 Å². The van der Waals surface area contributed by atoms with Crippen LogP contribution in [0.4, 0.5) is 0 Å². The molecule has 3 N–H and O–H groups in total. The van der Waals surface area contributed by atoms with Crippen LogP contribution in [-0.2, 0) is 24.8 Å². The van der Waals surface area contributed by atoms with Crippen molar-refractivity contribution in [1.82, 2.24) is 9.44 Å². The van der Waals surface area contributed by atoms with E-state index < -0.39 is 31.7 Å². The number of hydrogen-bond acceptors (Lipinski definition) is 5. The summed E-state index contributed by atoms with van der Waals surface area (Å²) >= 11 is 3.36. The second-order valence-electron chi connectivity index (χ2n) is 7.87. The van der Waals surface area contributed by atoms with Crippen molar-refractivity contribution in [2.75, 3.05) is 0 Å². The van der Waals surface area contributed by atoms with E-state index >= 15 is 0 Å². The van der Waals surface area contributed by atoms with Gasteiger partial charge in [-0.3, -0.25) is 0 Å². The van der Waals surface area contributed by atoms with E-state index in [1.807, 2.05) is 24.3 Å². The van der Waals surface area contributed by atoms with E-state index in [4.69, 9.17) is 0 Å². The number of unbranched alkanes of at least 4 members (excludes halogenated alkanes) is 1. The topological polar surface area (TPSA) is 130 Å². The van der Waals surface area contributed by atoms with Gasteiger partial charge in [-0.15, -0.1) is 0 Å². The smallest absolute Gasteiger partial charge is 0.340 e.